The van der Waals surface area contributed by atoms with Crippen molar-refractivity contribution in [2.75, 3.05) is 6.61 Å². The Bertz CT molecular complexity index is 485. The molecule has 0 unspecified atom stereocenters. The summed E-state index contributed by atoms with van der Waals surface area (Å²) >= 11 is 0. The fourth-order valence-electron chi connectivity index (χ4n) is 1.44. The quantitative estimate of drug-likeness (QED) is 0.273. The summed E-state index contributed by atoms with van der Waals surface area (Å²) in [5.74, 6) is 0.634. The molecule has 0 aliphatic rings. The number of nitrogens with zero attached hydrogens (tertiary/aromatic N) is 2. The first-order chi connectivity index (χ1) is 8.45. The van der Waals surface area contributed by atoms with Gasteiger partial charge in [-0.05, 0) is 25.5 Å². The summed E-state index contributed by atoms with van der Waals surface area (Å²) in [6.45, 7) is 3.62. The van der Waals surface area contributed by atoms with E-state index in [1.165, 1.54) is 6.07 Å². The summed E-state index contributed by atoms with van der Waals surface area (Å²) in [4.78, 5) is 10.3. The molecule has 0 saturated heterocycles. The largest absolute Gasteiger partial charge is 0.493 e. The standard InChI is InChI=1S/C11H15N3O4/c1-7-6-10(18-4-3-11(12)13-15)8(2)5-9(7)14(16)17/h5-6,15H,3-4H2,1-2H3,(H2,12,13). The number of ether oxygens (including phenoxy) is 1. The predicted octanol–water partition coefficient (Wildman–Crippen LogP) is 1.73. The lowest BCUT2D eigenvalue weighted by atomic mass is 10.1. The maximum absolute atomic E-state index is 10.7. The zero-order valence-electron chi connectivity index (χ0n) is 10.2. The van der Waals surface area contributed by atoms with Crippen molar-refractivity contribution in [2.24, 2.45) is 10.9 Å². The van der Waals surface area contributed by atoms with Crippen LogP contribution in [0.1, 0.15) is 17.5 Å². The van der Waals surface area contributed by atoms with Crippen molar-refractivity contribution in [2.45, 2.75) is 20.3 Å². The number of benzene rings is 1. The minimum absolute atomic E-state index is 0.0660. The third kappa shape index (κ3) is 3.34. The van der Waals surface area contributed by atoms with E-state index in [0.29, 0.717) is 16.9 Å². The summed E-state index contributed by atoms with van der Waals surface area (Å²) in [7, 11) is 0. The van der Waals surface area contributed by atoms with Gasteiger partial charge in [0.25, 0.3) is 5.69 Å². The van der Waals surface area contributed by atoms with E-state index in [4.69, 9.17) is 15.7 Å². The summed E-state index contributed by atoms with van der Waals surface area (Å²) in [6.07, 6.45) is 0.284. The Kier molecular flexibility index (Phi) is 4.47. The average Bonchev–Trinajstić information content (AvgIpc) is 2.32. The fourth-order valence-corrected chi connectivity index (χ4v) is 1.44. The Labute approximate surface area is 104 Å². The van der Waals surface area contributed by atoms with E-state index in [-0.39, 0.29) is 24.6 Å². The number of nitro groups is 1. The SMILES string of the molecule is Cc1cc([N+](=O)[O-])c(C)cc1OCC/C(N)=N/O. The van der Waals surface area contributed by atoms with Gasteiger partial charge in [-0.3, -0.25) is 10.1 Å². The molecule has 18 heavy (non-hydrogen) atoms. The molecule has 3 N–H and O–H groups in total. The minimum atomic E-state index is -0.428. The van der Waals surface area contributed by atoms with Crippen LogP contribution in [0, 0.1) is 24.0 Å². The highest BCUT2D eigenvalue weighted by molar-refractivity contribution is 5.79. The van der Waals surface area contributed by atoms with Crippen LogP contribution in [0.5, 0.6) is 5.75 Å². The molecule has 1 rings (SSSR count). The van der Waals surface area contributed by atoms with Crippen LogP contribution in [0.15, 0.2) is 17.3 Å². The monoisotopic (exact) mass is 253 g/mol. The van der Waals surface area contributed by atoms with Crippen molar-refractivity contribution in [3.63, 3.8) is 0 Å². The highest BCUT2D eigenvalue weighted by atomic mass is 16.6. The van der Waals surface area contributed by atoms with Crippen molar-refractivity contribution < 1.29 is 14.9 Å². The van der Waals surface area contributed by atoms with Crippen molar-refractivity contribution in [3.05, 3.63) is 33.4 Å². The molecule has 0 spiro atoms. The number of amidine groups is 1. The molecule has 0 radical (unpaired) electrons. The smallest absolute Gasteiger partial charge is 0.272 e. The minimum Gasteiger partial charge on any atom is -0.493 e. The van der Waals surface area contributed by atoms with Crippen LogP contribution in [0.4, 0.5) is 5.69 Å². The Hall–Kier alpha value is -2.31. The summed E-state index contributed by atoms with van der Waals surface area (Å²) in [6, 6.07) is 3.08. The molecular weight excluding hydrogens is 238 g/mol. The lowest BCUT2D eigenvalue weighted by Crippen LogP contribution is -2.15. The van der Waals surface area contributed by atoms with Gasteiger partial charge in [0.2, 0.25) is 0 Å². The van der Waals surface area contributed by atoms with Crippen LogP contribution in [0.3, 0.4) is 0 Å². The van der Waals surface area contributed by atoms with Gasteiger partial charge in [0.15, 0.2) is 0 Å². The molecule has 7 heteroatoms. The number of hydrogen-bond donors (Lipinski definition) is 2. The number of rotatable bonds is 5. The van der Waals surface area contributed by atoms with Gasteiger partial charge in [-0.1, -0.05) is 5.16 Å². The molecule has 1 aromatic carbocycles. The summed E-state index contributed by atoms with van der Waals surface area (Å²) < 4.78 is 5.43. The van der Waals surface area contributed by atoms with Gasteiger partial charge >= 0.3 is 0 Å². The molecule has 7 nitrogen and oxygen atoms in total. The topological polar surface area (TPSA) is 111 Å². The second-order valence-corrected chi connectivity index (χ2v) is 3.85. The van der Waals surface area contributed by atoms with Crippen LogP contribution in [-0.2, 0) is 0 Å². The van der Waals surface area contributed by atoms with Crippen molar-refractivity contribution in [1.29, 1.82) is 0 Å². The van der Waals surface area contributed by atoms with Gasteiger partial charge in [0.1, 0.15) is 11.6 Å². The third-order valence-corrected chi connectivity index (χ3v) is 2.43. The van der Waals surface area contributed by atoms with E-state index in [9.17, 15) is 10.1 Å². The van der Waals surface area contributed by atoms with Gasteiger partial charge in [-0.15, -0.1) is 0 Å². The number of hydrogen-bond acceptors (Lipinski definition) is 5. The number of oxime groups is 1. The Morgan fingerprint density at radius 1 is 1.50 bits per heavy atom. The fraction of sp³-hybridized carbons (Fsp3) is 0.364. The van der Waals surface area contributed by atoms with Crippen LogP contribution in [-0.4, -0.2) is 22.6 Å². The van der Waals surface area contributed by atoms with E-state index in [1.807, 2.05) is 0 Å². The Morgan fingerprint density at radius 3 is 2.72 bits per heavy atom. The third-order valence-electron chi connectivity index (χ3n) is 2.43. The van der Waals surface area contributed by atoms with Crippen molar-refractivity contribution in [1.82, 2.24) is 0 Å². The normalized spacial score (nSPS) is 11.3. The Morgan fingerprint density at radius 2 is 2.17 bits per heavy atom. The van der Waals surface area contributed by atoms with Crippen LogP contribution < -0.4 is 10.5 Å². The zero-order valence-corrected chi connectivity index (χ0v) is 10.2. The number of nitrogens with two attached hydrogens (primary N) is 1. The summed E-state index contributed by atoms with van der Waals surface area (Å²) in [5.41, 5.74) is 6.57. The highest BCUT2D eigenvalue weighted by Crippen LogP contribution is 2.27. The molecular formula is C11H15N3O4. The van der Waals surface area contributed by atoms with E-state index in [2.05, 4.69) is 5.16 Å². The molecule has 0 saturated carbocycles. The van der Waals surface area contributed by atoms with Gasteiger partial charge in [-0.25, -0.2) is 0 Å². The van der Waals surface area contributed by atoms with Gasteiger partial charge in [0, 0.05) is 18.1 Å². The molecule has 98 valence electrons. The van der Waals surface area contributed by atoms with Gasteiger partial charge in [0.05, 0.1) is 11.5 Å². The van der Waals surface area contributed by atoms with E-state index in [1.54, 1.807) is 19.9 Å². The van der Waals surface area contributed by atoms with E-state index in [0.717, 1.165) is 0 Å². The molecule has 0 fully saturated rings. The van der Waals surface area contributed by atoms with Gasteiger partial charge < -0.3 is 15.7 Å². The molecule has 0 bridgehead atoms. The van der Waals surface area contributed by atoms with Crippen molar-refractivity contribution >= 4 is 11.5 Å². The van der Waals surface area contributed by atoms with Crippen LogP contribution in [0.25, 0.3) is 0 Å². The highest BCUT2D eigenvalue weighted by Gasteiger charge is 2.13. The Balaban J connectivity index is 2.79. The maximum Gasteiger partial charge on any atom is 0.272 e. The first-order valence-corrected chi connectivity index (χ1v) is 5.30. The van der Waals surface area contributed by atoms with Crippen molar-refractivity contribution in [3.8, 4) is 5.75 Å². The second-order valence-electron chi connectivity index (χ2n) is 3.85. The van der Waals surface area contributed by atoms with Gasteiger partial charge in [-0.2, -0.15) is 0 Å². The first kappa shape index (κ1) is 13.8. The number of nitro benzene ring substituents is 1. The molecule has 0 aliphatic heterocycles. The predicted molar refractivity (Wildman–Crippen MR) is 66.1 cm³/mol. The van der Waals surface area contributed by atoms with E-state index >= 15 is 0 Å². The average molecular weight is 253 g/mol. The maximum atomic E-state index is 10.7. The molecule has 0 aliphatic carbocycles. The lowest BCUT2D eigenvalue weighted by Gasteiger charge is -2.09. The van der Waals surface area contributed by atoms with Crippen LogP contribution in [0.2, 0.25) is 0 Å². The zero-order chi connectivity index (χ0) is 13.7. The lowest BCUT2D eigenvalue weighted by molar-refractivity contribution is -0.385. The molecule has 1 aromatic rings. The van der Waals surface area contributed by atoms with E-state index < -0.39 is 4.92 Å². The first-order valence-electron chi connectivity index (χ1n) is 5.30. The molecule has 0 amide bonds. The number of aryl methyl sites for hydroxylation is 2. The molecule has 0 aromatic heterocycles. The summed E-state index contributed by atoms with van der Waals surface area (Å²) in [5, 5.41) is 21.9. The second kappa shape index (κ2) is 5.85. The molecule has 0 heterocycles. The molecule has 0 atom stereocenters. The van der Waals surface area contributed by atoms with Crippen LogP contribution >= 0.6 is 0 Å².